The van der Waals surface area contributed by atoms with Gasteiger partial charge in [0.2, 0.25) is 0 Å². The zero-order valence-corrected chi connectivity index (χ0v) is 15.8. The van der Waals surface area contributed by atoms with Gasteiger partial charge in [0.25, 0.3) is 0 Å². The molecule has 12 heteroatoms. The maximum atomic E-state index is 13.2. The second-order valence-electron chi connectivity index (χ2n) is 8.37. The lowest BCUT2D eigenvalue weighted by atomic mass is 9.53. The van der Waals surface area contributed by atoms with E-state index >= 15 is 0 Å². The Hall–Kier alpha value is -1.37. The van der Waals surface area contributed by atoms with Crippen molar-refractivity contribution in [3.63, 3.8) is 0 Å². The molecule has 4 aliphatic rings. The fourth-order valence-corrected chi connectivity index (χ4v) is 5.08. The predicted molar refractivity (Wildman–Crippen MR) is 86.5 cm³/mol. The van der Waals surface area contributed by atoms with Crippen molar-refractivity contribution in [1.29, 1.82) is 0 Å². The smallest absolute Gasteiger partial charge is 0.457 e. The molecule has 0 radical (unpaired) electrons. The van der Waals surface area contributed by atoms with Crippen molar-refractivity contribution < 1.29 is 51.0 Å². The van der Waals surface area contributed by atoms with Crippen LogP contribution in [0.25, 0.3) is 0 Å². The summed E-state index contributed by atoms with van der Waals surface area (Å²) in [5.74, 6) is -3.58. The average molecular weight is 428 g/mol. The van der Waals surface area contributed by atoms with Gasteiger partial charge in [-0.15, -0.1) is 0 Å². The summed E-state index contributed by atoms with van der Waals surface area (Å²) in [6.07, 6.45) is 2.60. The van der Waals surface area contributed by atoms with Gasteiger partial charge in [0.1, 0.15) is 12.2 Å². The highest BCUT2D eigenvalue weighted by molar-refractivity contribution is 7.87. The van der Waals surface area contributed by atoms with Gasteiger partial charge in [-0.2, -0.15) is 17.2 Å². The van der Waals surface area contributed by atoms with Gasteiger partial charge in [0.15, 0.2) is 5.60 Å². The molecule has 4 saturated carbocycles. The number of halogens is 2. The maximum Gasteiger partial charge on any atom is 0.465 e. The molecule has 3 unspecified atom stereocenters. The summed E-state index contributed by atoms with van der Waals surface area (Å²) in [4.78, 5) is 23.6. The Balaban J connectivity index is 1.63. The number of carbonyl (C=O) groups is 2. The van der Waals surface area contributed by atoms with Crippen LogP contribution in [-0.4, -0.2) is 64.3 Å². The topological polar surface area (TPSA) is 147 Å². The van der Waals surface area contributed by atoms with Crippen molar-refractivity contribution >= 4 is 22.1 Å². The fourth-order valence-electron chi connectivity index (χ4n) is 4.81. The van der Waals surface area contributed by atoms with Crippen molar-refractivity contribution in [2.24, 2.45) is 17.8 Å². The van der Waals surface area contributed by atoms with Gasteiger partial charge in [-0.25, -0.2) is 9.59 Å². The molecule has 4 bridgehead atoms. The van der Waals surface area contributed by atoms with E-state index in [4.69, 9.17) is 9.29 Å². The molecule has 0 heterocycles. The van der Waals surface area contributed by atoms with E-state index in [1.165, 1.54) is 0 Å². The summed E-state index contributed by atoms with van der Waals surface area (Å²) in [5.41, 5.74) is -3.38. The molecule has 0 aliphatic heterocycles. The van der Waals surface area contributed by atoms with Crippen molar-refractivity contribution in [2.75, 3.05) is 6.61 Å². The Morgan fingerprint density at radius 1 is 1.14 bits per heavy atom. The predicted octanol–water partition coefficient (Wildman–Crippen LogP) is 0.244. The number of alkyl halides is 2. The molecule has 0 aromatic carbocycles. The molecule has 160 valence electrons. The van der Waals surface area contributed by atoms with E-state index in [1.54, 1.807) is 0 Å². The molecule has 4 fully saturated rings. The monoisotopic (exact) mass is 428 g/mol. The Bertz CT molecular complexity index is 763. The molecule has 3 N–H and O–H groups in total. The Labute approximate surface area is 159 Å². The number of aliphatic hydroxyl groups is 2. The number of aliphatic hydroxyl groups excluding tert-OH is 1. The zero-order valence-electron chi connectivity index (χ0n) is 15.0. The highest BCUT2D eigenvalue weighted by Gasteiger charge is 2.58. The molecule has 28 heavy (non-hydrogen) atoms. The van der Waals surface area contributed by atoms with Crippen LogP contribution in [0.3, 0.4) is 0 Å². The van der Waals surface area contributed by atoms with Crippen LogP contribution in [0.2, 0.25) is 0 Å². The molecule has 0 saturated heterocycles. The molecule has 0 aromatic rings. The van der Waals surface area contributed by atoms with Crippen molar-refractivity contribution in [3.8, 4) is 0 Å². The molecule has 4 aliphatic carbocycles. The van der Waals surface area contributed by atoms with Gasteiger partial charge in [-0.05, 0) is 56.8 Å². The highest BCUT2D eigenvalue weighted by Crippen LogP contribution is 2.57. The Morgan fingerprint density at radius 3 is 2.18 bits per heavy atom. The lowest BCUT2D eigenvalue weighted by molar-refractivity contribution is -0.221. The summed E-state index contributed by atoms with van der Waals surface area (Å²) in [7, 11) is -6.06. The summed E-state index contributed by atoms with van der Waals surface area (Å²) in [6, 6.07) is 0. The number of hydrogen-bond acceptors (Lipinski definition) is 8. The zero-order chi connectivity index (χ0) is 21.1. The molecular formula is C16H22F2O9S. The quantitative estimate of drug-likeness (QED) is 0.400. The standard InChI is InChI=1S/C16H22F2O9S/c1-14(22,7-26-13(21)16(17,18)28(23,24)25)12(20)27-15-4-8-2-9(5-15)11(19)10(3-8)6-15/h8-11,19,22H,2-7H2,1H3,(H,23,24,25). The number of carbonyl (C=O) groups excluding carboxylic acids is 2. The van der Waals surface area contributed by atoms with Crippen LogP contribution in [0.4, 0.5) is 8.78 Å². The van der Waals surface area contributed by atoms with E-state index in [9.17, 15) is 37.0 Å². The van der Waals surface area contributed by atoms with Gasteiger partial charge in [0, 0.05) is 0 Å². The van der Waals surface area contributed by atoms with Crippen LogP contribution in [0, 0.1) is 17.8 Å². The second kappa shape index (κ2) is 6.57. The van der Waals surface area contributed by atoms with E-state index < -0.39 is 51.2 Å². The number of hydrogen-bond donors (Lipinski definition) is 3. The minimum Gasteiger partial charge on any atom is -0.457 e. The third-order valence-corrected chi connectivity index (χ3v) is 6.78. The average Bonchev–Trinajstić information content (AvgIpc) is 2.55. The maximum absolute atomic E-state index is 13.2. The SMILES string of the molecule is CC(O)(COC(=O)C(F)(F)S(=O)(=O)O)C(=O)OC12CC3CC(C1)C(O)C(C3)C2. The summed E-state index contributed by atoms with van der Waals surface area (Å²) >= 11 is 0. The van der Waals surface area contributed by atoms with Gasteiger partial charge in [0.05, 0.1) is 6.10 Å². The van der Waals surface area contributed by atoms with E-state index in [0.29, 0.717) is 19.3 Å². The molecule has 4 rings (SSSR count). The van der Waals surface area contributed by atoms with Gasteiger partial charge in [-0.1, -0.05) is 0 Å². The first-order valence-corrected chi connectivity index (χ1v) is 10.3. The van der Waals surface area contributed by atoms with E-state index in [2.05, 4.69) is 4.74 Å². The minimum atomic E-state index is -6.06. The van der Waals surface area contributed by atoms with E-state index in [0.717, 1.165) is 19.8 Å². The lowest BCUT2D eigenvalue weighted by Gasteiger charge is -2.58. The van der Waals surface area contributed by atoms with Crippen molar-refractivity contribution in [2.45, 2.75) is 61.6 Å². The highest BCUT2D eigenvalue weighted by atomic mass is 32.2. The van der Waals surface area contributed by atoms with Crippen LogP contribution in [0.15, 0.2) is 0 Å². The third-order valence-electron chi connectivity index (χ3n) is 5.96. The first kappa shape index (κ1) is 21.3. The molecule has 0 spiro atoms. The molecular weight excluding hydrogens is 406 g/mol. The van der Waals surface area contributed by atoms with Crippen LogP contribution >= 0.6 is 0 Å². The number of ether oxygens (including phenoxy) is 2. The Morgan fingerprint density at radius 2 is 1.68 bits per heavy atom. The Kier molecular flexibility index (Phi) is 5.01. The van der Waals surface area contributed by atoms with Crippen molar-refractivity contribution in [1.82, 2.24) is 0 Å². The normalized spacial score (nSPS) is 36.6. The molecule has 0 amide bonds. The van der Waals surface area contributed by atoms with E-state index in [1.807, 2.05) is 0 Å². The van der Waals surface area contributed by atoms with Crippen LogP contribution in [0.5, 0.6) is 0 Å². The van der Waals surface area contributed by atoms with Gasteiger partial charge < -0.3 is 19.7 Å². The third kappa shape index (κ3) is 3.62. The summed E-state index contributed by atoms with van der Waals surface area (Å²) in [5, 5.41) is 15.2. The first-order valence-electron chi connectivity index (χ1n) is 8.83. The minimum absolute atomic E-state index is 0.0183. The summed E-state index contributed by atoms with van der Waals surface area (Å²) in [6.45, 7) is -0.408. The largest absolute Gasteiger partial charge is 0.465 e. The lowest BCUT2D eigenvalue weighted by Crippen LogP contribution is -2.60. The molecule has 3 atom stereocenters. The van der Waals surface area contributed by atoms with Gasteiger partial charge >= 0.3 is 27.3 Å². The number of rotatable bonds is 6. The van der Waals surface area contributed by atoms with Crippen molar-refractivity contribution in [3.05, 3.63) is 0 Å². The number of esters is 2. The van der Waals surface area contributed by atoms with E-state index in [-0.39, 0.29) is 17.8 Å². The second-order valence-corrected chi connectivity index (χ2v) is 9.84. The van der Waals surface area contributed by atoms with Crippen LogP contribution in [-0.2, 0) is 29.2 Å². The first-order chi connectivity index (χ1) is 12.7. The molecule has 9 nitrogen and oxygen atoms in total. The van der Waals surface area contributed by atoms with Gasteiger partial charge in [-0.3, -0.25) is 4.55 Å². The summed E-state index contributed by atoms with van der Waals surface area (Å²) < 4.78 is 65.3. The van der Waals surface area contributed by atoms with Crippen LogP contribution < -0.4 is 0 Å². The fraction of sp³-hybridized carbons (Fsp3) is 0.875. The molecule has 0 aromatic heterocycles. The van der Waals surface area contributed by atoms with Crippen LogP contribution in [0.1, 0.15) is 39.0 Å².